The second kappa shape index (κ2) is 9.32. The molecule has 0 aliphatic heterocycles. The van der Waals surface area contributed by atoms with Gasteiger partial charge in [-0.25, -0.2) is 0 Å². The second-order valence-corrected chi connectivity index (χ2v) is 8.14. The first-order valence-electron chi connectivity index (χ1n) is 11.2. The Balaban J connectivity index is 1.53. The summed E-state index contributed by atoms with van der Waals surface area (Å²) in [6, 6.07) is 15.3. The van der Waals surface area contributed by atoms with Crippen LogP contribution >= 0.6 is 0 Å². The quantitative estimate of drug-likeness (QED) is 0.320. The molecule has 0 unspecified atom stereocenters. The molecule has 170 valence electrons. The Bertz CT molecular complexity index is 1340. The molecule has 0 aliphatic rings. The first-order valence-corrected chi connectivity index (χ1v) is 11.2. The number of hydrogen-bond donors (Lipinski definition) is 2. The Morgan fingerprint density at radius 1 is 1.03 bits per heavy atom. The van der Waals surface area contributed by atoms with Crippen molar-refractivity contribution < 1.29 is 14.4 Å². The highest BCUT2D eigenvalue weighted by atomic mass is 16.2. The Morgan fingerprint density at radius 2 is 1.79 bits per heavy atom. The number of aromatic amines is 1. The summed E-state index contributed by atoms with van der Waals surface area (Å²) in [7, 11) is 0. The van der Waals surface area contributed by atoms with Gasteiger partial charge in [-0.05, 0) is 56.0 Å². The number of carbonyl (C=O) groups excluding carboxylic acids is 3. The maximum absolute atomic E-state index is 13.0. The van der Waals surface area contributed by atoms with Crippen LogP contribution in [0.2, 0.25) is 0 Å². The Hall–Kier alpha value is -3.87. The molecule has 7 heteroatoms. The third-order valence-electron chi connectivity index (χ3n) is 5.93. The fourth-order valence-electron chi connectivity index (χ4n) is 4.20. The number of nitrogens with one attached hydrogen (secondary N) is 2. The zero-order chi connectivity index (χ0) is 23.5. The molecule has 4 aromatic rings. The minimum absolute atomic E-state index is 0.0282. The van der Waals surface area contributed by atoms with Crippen LogP contribution < -0.4 is 5.32 Å². The van der Waals surface area contributed by atoms with E-state index in [1.807, 2.05) is 63.2 Å². The van der Waals surface area contributed by atoms with E-state index in [0.717, 1.165) is 27.7 Å². The highest BCUT2D eigenvalue weighted by Crippen LogP contribution is 2.22. The van der Waals surface area contributed by atoms with Crippen LogP contribution in [-0.2, 0) is 22.7 Å². The van der Waals surface area contributed by atoms with Crippen molar-refractivity contribution in [2.75, 3.05) is 13.1 Å². The van der Waals surface area contributed by atoms with Crippen LogP contribution in [0.3, 0.4) is 0 Å². The number of carbonyl (C=O) groups is 3. The fraction of sp³-hybridized carbons (Fsp3) is 0.269. The molecule has 7 nitrogen and oxygen atoms in total. The van der Waals surface area contributed by atoms with E-state index in [-0.39, 0.29) is 19.0 Å². The molecule has 0 aliphatic carbocycles. The molecule has 0 fully saturated rings. The smallest absolute Gasteiger partial charge is 0.292 e. The lowest BCUT2D eigenvalue weighted by atomic mass is 10.1. The predicted molar refractivity (Wildman–Crippen MR) is 129 cm³/mol. The van der Waals surface area contributed by atoms with Gasteiger partial charge in [0.05, 0.1) is 5.56 Å². The van der Waals surface area contributed by atoms with Gasteiger partial charge in [0.25, 0.3) is 11.7 Å². The van der Waals surface area contributed by atoms with Crippen LogP contribution in [0.4, 0.5) is 0 Å². The van der Waals surface area contributed by atoms with E-state index in [2.05, 4.69) is 10.3 Å². The van der Waals surface area contributed by atoms with Crippen LogP contribution in [0.1, 0.15) is 35.5 Å². The molecule has 2 heterocycles. The molecule has 2 aromatic heterocycles. The highest BCUT2D eigenvalue weighted by Gasteiger charge is 2.22. The number of aromatic nitrogens is 2. The summed E-state index contributed by atoms with van der Waals surface area (Å²) in [6.45, 7) is 7.48. The van der Waals surface area contributed by atoms with Gasteiger partial charge in [-0.15, -0.1) is 0 Å². The van der Waals surface area contributed by atoms with Gasteiger partial charge in [-0.2, -0.15) is 0 Å². The van der Waals surface area contributed by atoms with E-state index >= 15 is 0 Å². The van der Waals surface area contributed by atoms with Crippen LogP contribution in [0.15, 0.2) is 54.7 Å². The van der Waals surface area contributed by atoms with Gasteiger partial charge < -0.3 is 19.8 Å². The van der Waals surface area contributed by atoms with Gasteiger partial charge in [0.2, 0.25) is 5.91 Å². The fourth-order valence-corrected chi connectivity index (χ4v) is 4.20. The number of H-pyrrole nitrogens is 1. The number of nitrogens with zero attached hydrogens (tertiary/aromatic N) is 2. The van der Waals surface area contributed by atoms with Crippen molar-refractivity contribution in [3.63, 3.8) is 0 Å². The van der Waals surface area contributed by atoms with Gasteiger partial charge in [0, 0.05) is 47.9 Å². The third kappa shape index (κ3) is 4.53. The lowest BCUT2D eigenvalue weighted by Crippen LogP contribution is -2.33. The second-order valence-electron chi connectivity index (χ2n) is 8.14. The molecule has 2 aromatic carbocycles. The lowest BCUT2D eigenvalue weighted by Gasteiger charge is -2.19. The number of aryl methyl sites for hydroxylation is 1. The minimum atomic E-state index is -0.668. The molecule has 0 atom stereocenters. The molecule has 0 saturated carbocycles. The van der Waals surface area contributed by atoms with Crippen LogP contribution in [0, 0.1) is 6.92 Å². The van der Waals surface area contributed by atoms with Gasteiger partial charge in [0.15, 0.2) is 0 Å². The molecule has 0 saturated heterocycles. The normalized spacial score (nSPS) is 11.1. The Labute approximate surface area is 192 Å². The molecular weight excluding hydrogens is 416 g/mol. The average molecular weight is 445 g/mol. The number of ketones is 1. The number of para-hydroxylation sites is 1. The summed E-state index contributed by atoms with van der Waals surface area (Å²) in [6.07, 6.45) is 1.61. The van der Waals surface area contributed by atoms with Crippen molar-refractivity contribution in [2.45, 2.75) is 33.9 Å². The minimum Gasteiger partial charge on any atom is -0.359 e. The lowest BCUT2D eigenvalue weighted by molar-refractivity contribution is -0.131. The van der Waals surface area contributed by atoms with Crippen LogP contribution in [0.5, 0.6) is 0 Å². The molecule has 0 bridgehead atoms. The van der Waals surface area contributed by atoms with Gasteiger partial charge in [-0.3, -0.25) is 14.4 Å². The number of benzene rings is 2. The molecular formula is C26H28N4O3. The van der Waals surface area contributed by atoms with E-state index in [4.69, 9.17) is 0 Å². The molecule has 4 rings (SSSR count). The monoisotopic (exact) mass is 444 g/mol. The number of Topliss-reactive ketones (excluding diaryl/α,β-unsaturated/α-hetero) is 1. The van der Waals surface area contributed by atoms with E-state index in [1.54, 1.807) is 21.7 Å². The number of amides is 2. The van der Waals surface area contributed by atoms with E-state index in [9.17, 15) is 14.4 Å². The topological polar surface area (TPSA) is 87.2 Å². The van der Waals surface area contributed by atoms with Crippen molar-refractivity contribution >= 4 is 39.4 Å². The maximum Gasteiger partial charge on any atom is 0.292 e. The summed E-state index contributed by atoms with van der Waals surface area (Å²) in [5.41, 5.74) is 4.06. The molecule has 33 heavy (non-hydrogen) atoms. The Morgan fingerprint density at radius 3 is 2.55 bits per heavy atom. The summed E-state index contributed by atoms with van der Waals surface area (Å²) >= 11 is 0. The van der Waals surface area contributed by atoms with Crippen molar-refractivity contribution in [1.82, 2.24) is 19.8 Å². The van der Waals surface area contributed by atoms with Crippen molar-refractivity contribution in [2.24, 2.45) is 0 Å². The number of hydrogen-bond acceptors (Lipinski definition) is 3. The van der Waals surface area contributed by atoms with Gasteiger partial charge in [0.1, 0.15) is 6.54 Å². The highest BCUT2D eigenvalue weighted by molar-refractivity contribution is 6.45. The molecule has 2 N–H and O–H groups in total. The van der Waals surface area contributed by atoms with Crippen molar-refractivity contribution in [1.29, 1.82) is 0 Å². The standard InChI is InChI=1S/C26H28N4O3/c1-4-29(5-2)24(31)16-30-15-21(20-8-6-7-9-23(20)30)25(32)26(33)27-14-18-10-11-22-19(13-18)12-17(3)28-22/h6-13,15,28H,4-5,14,16H2,1-3H3,(H,27,33). The third-order valence-corrected chi connectivity index (χ3v) is 5.93. The number of likely N-dealkylation sites (N-methyl/N-ethyl adjacent to an activating group) is 1. The van der Waals surface area contributed by atoms with Crippen LogP contribution in [0.25, 0.3) is 21.8 Å². The van der Waals surface area contributed by atoms with E-state index < -0.39 is 11.7 Å². The predicted octanol–water partition coefficient (Wildman–Crippen LogP) is 3.80. The van der Waals surface area contributed by atoms with Crippen LogP contribution in [-0.4, -0.2) is 45.1 Å². The number of fused-ring (bicyclic) bond motifs is 2. The average Bonchev–Trinajstić information content (AvgIpc) is 3.37. The largest absolute Gasteiger partial charge is 0.359 e. The summed E-state index contributed by atoms with van der Waals surface area (Å²) in [5, 5.41) is 4.46. The van der Waals surface area contributed by atoms with Crippen molar-refractivity contribution in [3.8, 4) is 0 Å². The zero-order valence-electron chi connectivity index (χ0n) is 19.1. The van der Waals surface area contributed by atoms with E-state index in [0.29, 0.717) is 24.0 Å². The number of rotatable bonds is 8. The Kier molecular flexibility index (Phi) is 6.31. The zero-order valence-corrected chi connectivity index (χ0v) is 19.1. The van der Waals surface area contributed by atoms with Crippen molar-refractivity contribution in [3.05, 3.63) is 71.5 Å². The molecule has 0 spiro atoms. The van der Waals surface area contributed by atoms with E-state index in [1.165, 1.54) is 0 Å². The molecule has 2 amide bonds. The van der Waals surface area contributed by atoms with Gasteiger partial charge >= 0.3 is 0 Å². The molecule has 0 radical (unpaired) electrons. The summed E-state index contributed by atoms with van der Waals surface area (Å²) in [5.74, 6) is -1.31. The maximum atomic E-state index is 13.0. The van der Waals surface area contributed by atoms with Gasteiger partial charge in [-0.1, -0.05) is 24.3 Å². The summed E-state index contributed by atoms with van der Waals surface area (Å²) in [4.78, 5) is 43.4. The first kappa shape index (κ1) is 22.3. The summed E-state index contributed by atoms with van der Waals surface area (Å²) < 4.78 is 1.75. The first-order chi connectivity index (χ1) is 15.9. The SMILES string of the molecule is CCN(CC)C(=O)Cn1cc(C(=O)C(=O)NCc2ccc3[nH]c(C)cc3c2)c2ccccc21.